The first-order valence-corrected chi connectivity index (χ1v) is 14.6. The zero-order valence-electron chi connectivity index (χ0n) is 24.1. The number of carbonyl (C=O) groups excluding carboxylic acids is 2. The van der Waals surface area contributed by atoms with Crippen molar-refractivity contribution < 1.29 is 19.1 Å². The molecule has 42 heavy (non-hydrogen) atoms. The fourth-order valence-corrected chi connectivity index (χ4v) is 6.14. The van der Waals surface area contributed by atoms with Crippen molar-refractivity contribution >= 4 is 36.1 Å². The molecule has 0 radical (unpaired) electrons. The van der Waals surface area contributed by atoms with Crippen LogP contribution in [0.25, 0.3) is 12.2 Å². The number of esters is 2. The van der Waals surface area contributed by atoms with E-state index in [-0.39, 0.29) is 23.1 Å². The second-order valence-electron chi connectivity index (χ2n) is 12.1. The first kappa shape index (κ1) is 27.7. The topological polar surface area (TPSA) is 101 Å². The molecule has 2 aromatic rings. The van der Waals surface area contributed by atoms with E-state index in [4.69, 9.17) is 9.47 Å². The lowest BCUT2D eigenvalue weighted by atomic mass is 9.85. The molecule has 2 unspecified atom stereocenters. The number of carbonyl (C=O) groups is 2. The van der Waals surface area contributed by atoms with Gasteiger partial charge in [0.05, 0.1) is 24.2 Å². The van der Waals surface area contributed by atoms with Gasteiger partial charge >= 0.3 is 11.9 Å². The van der Waals surface area contributed by atoms with Gasteiger partial charge in [-0.15, -0.1) is 0 Å². The average molecular weight is 565 g/mol. The third-order valence-corrected chi connectivity index (χ3v) is 8.21. The number of hydrogen-bond donors (Lipinski definition) is 2. The Morgan fingerprint density at radius 2 is 1.14 bits per heavy atom. The summed E-state index contributed by atoms with van der Waals surface area (Å²) in [6.07, 6.45) is 12.2. The number of aliphatic imine (C=N–C) groups is 2. The van der Waals surface area contributed by atoms with E-state index in [9.17, 15) is 9.59 Å². The Labute approximate surface area is 246 Å². The lowest BCUT2D eigenvalue weighted by Crippen LogP contribution is -2.44. The Morgan fingerprint density at radius 1 is 0.714 bits per heavy atom. The van der Waals surface area contributed by atoms with Crippen molar-refractivity contribution in [3.63, 3.8) is 0 Å². The molecule has 6 rings (SSSR count). The molecule has 0 fully saturated rings. The van der Waals surface area contributed by atoms with Crippen LogP contribution in [-0.4, -0.2) is 48.1 Å². The van der Waals surface area contributed by atoms with Crippen molar-refractivity contribution in [2.24, 2.45) is 9.98 Å². The number of nitrogens with one attached hydrogen (secondary N) is 2. The minimum atomic E-state index is -0.705. The molecule has 2 aromatic carbocycles. The zero-order valence-corrected chi connectivity index (χ0v) is 24.1. The highest BCUT2D eigenvalue weighted by molar-refractivity contribution is 6.00. The zero-order chi connectivity index (χ0) is 29.2. The maximum atomic E-state index is 12.4. The Balaban J connectivity index is 0.950. The van der Waals surface area contributed by atoms with Gasteiger partial charge in [-0.25, -0.2) is 19.6 Å². The van der Waals surface area contributed by atoms with Crippen LogP contribution in [0.15, 0.2) is 81.8 Å². The largest absolute Gasteiger partial charge is 0.389 e. The van der Waals surface area contributed by atoms with Crippen molar-refractivity contribution in [3.05, 3.63) is 94.1 Å². The summed E-state index contributed by atoms with van der Waals surface area (Å²) in [4.78, 5) is 33.5. The van der Waals surface area contributed by atoms with E-state index in [0.29, 0.717) is 13.1 Å². The quantitative estimate of drug-likeness (QED) is 0.382. The number of amidine groups is 2. The molecule has 216 valence electrons. The van der Waals surface area contributed by atoms with Crippen molar-refractivity contribution in [2.75, 3.05) is 13.1 Å². The predicted molar refractivity (Wildman–Crippen MR) is 164 cm³/mol. The molecule has 0 aromatic heterocycles. The monoisotopic (exact) mass is 564 g/mol. The predicted octanol–water partition coefficient (Wildman–Crippen LogP) is 4.90. The lowest BCUT2D eigenvalue weighted by molar-refractivity contribution is -0.133. The number of ether oxygens (including phenoxy) is 2. The van der Waals surface area contributed by atoms with Gasteiger partial charge in [0, 0.05) is 12.2 Å². The van der Waals surface area contributed by atoms with Crippen LogP contribution in [0.1, 0.15) is 61.8 Å². The van der Waals surface area contributed by atoms with Crippen molar-refractivity contribution in [2.45, 2.75) is 63.5 Å². The second-order valence-corrected chi connectivity index (χ2v) is 12.1. The van der Waals surface area contributed by atoms with Gasteiger partial charge < -0.3 is 20.1 Å². The lowest BCUT2D eigenvalue weighted by Gasteiger charge is -2.27. The first-order chi connectivity index (χ1) is 20.2. The molecule has 8 heteroatoms. The highest BCUT2D eigenvalue weighted by Crippen LogP contribution is 2.32. The number of hydrogen-bond acceptors (Lipinski definition) is 8. The molecule has 0 saturated heterocycles. The average Bonchev–Trinajstić information content (AvgIpc) is 3.52. The Kier molecular flexibility index (Phi) is 7.54. The first-order valence-electron chi connectivity index (χ1n) is 14.6. The fraction of sp³-hybridized carbons (Fsp3) is 0.353. The third kappa shape index (κ3) is 6.54. The molecule has 8 nitrogen and oxygen atoms in total. The van der Waals surface area contributed by atoms with Crippen LogP contribution in [0.5, 0.6) is 0 Å². The van der Waals surface area contributed by atoms with Gasteiger partial charge in [0.2, 0.25) is 0 Å². The van der Waals surface area contributed by atoms with Gasteiger partial charge in [0.15, 0.2) is 0 Å². The number of fused-ring (bicyclic) bond motifs is 2. The van der Waals surface area contributed by atoms with Crippen molar-refractivity contribution in [1.29, 1.82) is 0 Å². The van der Waals surface area contributed by atoms with Gasteiger partial charge in [0.1, 0.15) is 0 Å². The highest BCUT2D eigenvalue weighted by Gasteiger charge is 2.35. The summed E-state index contributed by atoms with van der Waals surface area (Å²) >= 11 is 0. The molecule has 0 amide bonds. The van der Waals surface area contributed by atoms with Crippen LogP contribution in [0.2, 0.25) is 0 Å². The summed E-state index contributed by atoms with van der Waals surface area (Å²) in [5, 5.41) is 6.49. The van der Waals surface area contributed by atoms with Gasteiger partial charge in [-0.3, -0.25) is 0 Å². The summed E-state index contributed by atoms with van der Waals surface area (Å²) in [5.41, 5.74) is 7.27. The highest BCUT2D eigenvalue weighted by atomic mass is 16.6. The van der Waals surface area contributed by atoms with Crippen LogP contribution < -0.4 is 10.6 Å². The molecule has 0 bridgehead atoms. The normalized spacial score (nSPS) is 24.3. The third-order valence-electron chi connectivity index (χ3n) is 8.21. The van der Waals surface area contributed by atoms with Crippen LogP contribution in [0.3, 0.4) is 0 Å². The maximum absolute atomic E-state index is 12.4. The van der Waals surface area contributed by atoms with Crippen LogP contribution in [0.4, 0.5) is 0 Å². The molecule has 0 saturated carbocycles. The van der Waals surface area contributed by atoms with E-state index in [1.807, 2.05) is 0 Å². The van der Waals surface area contributed by atoms with E-state index in [2.05, 4.69) is 95.1 Å². The summed E-state index contributed by atoms with van der Waals surface area (Å²) in [5.74, 6) is -1.41. The van der Waals surface area contributed by atoms with Gasteiger partial charge in [0.25, 0.3) is 12.0 Å². The van der Waals surface area contributed by atoms with E-state index in [1.165, 1.54) is 33.4 Å². The molecule has 0 spiro atoms. The van der Waals surface area contributed by atoms with Crippen LogP contribution >= 0.6 is 0 Å². The van der Waals surface area contributed by atoms with Crippen molar-refractivity contribution in [1.82, 2.24) is 10.6 Å². The summed E-state index contributed by atoms with van der Waals surface area (Å²) in [7, 11) is 0. The number of nitrogens with zero attached hydrogens (tertiary/aromatic N) is 2. The van der Waals surface area contributed by atoms with Crippen LogP contribution in [0, 0.1) is 0 Å². The molecular formula is C34H36N4O4. The standard InChI is InChI=1S/C34H36N4O4/c1-33(19-23-11-13-25-7-3-5-9-27(25)17-23)21-35-31(37-33)41-29(39)15-16-30(40)42-32-36-22-34(2,38-32)20-24-12-14-26-8-4-6-10-28(26)18-24/h3-10,15-18H,11-14,19-22H2,1-2H3,(H,35,37)(H,36,38)/b16-15+. The van der Waals surface area contributed by atoms with Crippen molar-refractivity contribution in [3.8, 4) is 0 Å². The second kappa shape index (κ2) is 11.4. The molecule has 2 heterocycles. The maximum Gasteiger partial charge on any atom is 0.338 e. The molecule has 2 N–H and O–H groups in total. The molecule has 2 aliphatic heterocycles. The SMILES string of the molecule is CC1(CC2=Cc3ccccc3CC2)CN=C(OC(=O)/C=C/C(=O)OC2=NCC(C)(CC3=Cc4ccccc4CC3)N2)N1. The fourth-order valence-electron chi connectivity index (χ4n) is 6.14. The summed E-state index contributed by atoms with van der Waals surface area (Å²) in [6, 6.07) is 17.2. The van der Waals surface area contributed by atoms with Gasteiger partial charge in [-0.1, -0.05) is 71.8 Å². The molecular weight excluding hydrogens is 528 g/mol. The minimum absolute atomic E-state index is 0.162. The van der Waals surface area contributed by atoms with E-state index < -0.39 is 11.9 Å². The van der Waals surface area contributed by atoms with Gasteiger partial charge in [-0.05, 0) is 74.6 Å². The van der Waals surface area contributed by atoms with E-state index in [1.54, 1.807) is 0 Å². The molecule has 4 aliphatic rings. The van der Waals surface area contributed by atoms with E-state index in [0.717, 1.165) is 50.7 Å². The van der Waals surface area contributed by atoms with E-state index >= 15 is 0 Å². The molecule has 2 aliphatic carbocycles. The number of aryl methyl sites for hydroxylation is 2. The number of benzene rings is 2. The van der Waals surface area contributed by atoms with Crippen LogP contribution in [-0.2, 0) is 31.9 Å². The smallest absolute Gasteiger partial charge is 0.338 e. The summed E-state index contributed by atoms with van der Waals surface area (Å²) < 4.78 is 10.7. The molecule has 2 atom stereocenters. The summed E-state index contributed by atoms with van der Waals surface area (Å²) in [6.45, 7) is 5.12. The number of rotatable bonds is 6. The Bertz CT molecular complexity index is 1450. The Morgan fingerprint density at radius 3 is 1.60 bits per heavy atom. The van der Waals surface area contributed by atoms with Gasteiger partial charge in [-0.2, -0.15) is 0 Å². The Hall–Kier alpha value is -4.46. The minimum Gasteiger partial charge on any atom is -0.389 e.